The highest BCUT2D eigenvalue weighted by molar-refractivity contribution is 5.88. The first-order valence-corrected chi connectivity index (χ1v) is 9.43. The van der Waals surface area contributed by atoms with Crippen LogP contribution < -0.4 is 0 Å². The maximum atomic E-state index is 12.2. The predicted octanol–water partition coefficient (Wildman–Crippen LogP) is 2.94. The Bertz CT molecular complexity index is 475. The van der Waals surface area contributed by atoms with Crippen LogP contribution in [0.15, 0.2) is 12.7 Å². The molecule has 0 saturated heterocycles. The predicted molar refractivity (Wildman–Crippen MR) is 101 cm³/mol. The summed E-state index contributed by atoms with van der Waals surface area (Å²) >= 11 is 0. The monoisotopic (exact) mass is 386 g/mol. The van der Waals surface area contributed by atoms with E-state index in [4.69, 9.17) is 4.74 Å². The third-order valence-corrected chi connectivity index (χ3v) is 4.69. The number of aliphatic hydroxyl groups is 1. The highest BCUT2D eigenvalue weighted by Gasteiger charge is 2.49. The molecule has 0 unspecified atom stereocenters. The van der Waals surface area contributed by atoms with Crippen LogP contribution in [0.25, 0.3) is 0 Å². The third-order valence-electron chi connectivity index (χ3n) is 4.69. The summed E-state index contributed by atoms with van der Waals surface area (Å²) in [7, 11) is 3.54. The summed E-state index contributed by atoms with van der Waals surface area (Å²) in [6.45, 7) is 3.69. The summed E-state index contributed by atoms with van der Waals surface area (Å²) in [5.74, 6) is -3.33. The van der Waals surface area contributed by atoms with Crippen molar-refractivity contribution in [2.24, 2.45) is 5.92 Å². The van der Waals surface area contributed by atoms with Gasteiger partial charge >= 0.3 is 17.9 Å². The minimum atomic E-state index is -2.13. The van der Waals surface area contributed by atoms with Crippen LogP contribution in [-0.4, -0.2) is 49.9 Å². The molecular weight excluding hydrogens is 352 g/mol. The molecule has 0 spiro atoms. The smallest absolute Gasteiger partial charge is 0.338 e. The van der Waals surface area contributed by atoms with Crippen LogP contribution >= 0.6 is 0 Å². The summed E-state index contributed by atoms with van der Waals surface area (Å²) in [6, 6.07) is 0. The molecule has 0 aromatic rings. The normalized spacial score (nSPS) is 13.9. The molecule has 0 radical (unpaired) electrons. The fraction of sp³-hybridized carbons (Fsp3) is 0.750. The number of ether oxygens (including phenoxy) is 3. The van der Waals surface area contributed by atoms with Crippen molar-refractivity contribution in [3.05, 3.63) is 12.7 Å². The topological polar surface area (TPSA) is 99.1 Å². The van der Waals surface area contributed by atoms with E-state index in [1.807, 2.05) is 6.08 Å². The summed E-state index contributed by atoms with van der Waals surface area (Å²) in [4.78, 5) is 35.8. The fourth-order valence-corrected chi connectivity index (χ4v) is 3.03. The van der Waals surface area contributed by atoms with Gasteiger partial charge in [-0.25, -0.2) is 4.79 Å². The summed E-state index contributed by atoms with van der Waals surface area (Å²) in [5, 5.41) is 10.9. The number of carbonyl (C=O) groups excluding carboxylic acids is 3. The number of rotatable bonds is 15. The van der Waals surface area contributed by atoms with E-state index in [1.54, 1.807) is 0 Å². The first kappa shape index (κ1) is 25.1. The van der Waals surface area contributed by atoms with Crippen molar-refractivity contribution in [1.29, 1.82) is 0 Å². The van der Waals surface area contributed by atoms with E-state index in [1.165, 1.54) is 14.2 Å². The summed E-state index contributed by atoms with van der Waals surface area (Å²) < 4.78 is 14.0. The number of methoxy groups -OCH3 is 3. The lowest BCUT2D eigenvalue weighted by Crippen LogP contribution is -2.50. The molecule has 2 atom stereocenters. The van der Waals surface area contributed by atoms with Crippen LogP contribution in [0, 0.1) is 5.92 Å². The van der Waals surface area contributed by atoms with Crippen molar-refractivity contribution in [3.8, 4) is 0 Å². The average Bonchev–Trinajstić information content (AvgIpc) is 2.69. The van der Waals surface area contributed by atoms with Crippen molar-refractivity contribution in [1.82, 2.24) is 0 Å². The van der Waals surface area contributed by atoms with E-state index in [0.29, 0.717) is 6.42 Å². The lowest BCUT2D eigenvalue weighted by molar-refractivity contribution is -0.181. The molecule has 0 aliphatic rings. The van der Waals surface area contributed by atoms with Gasteiger partial charge in [0, 0.05) is 6.42 Å². The number of esters is 3. The van der Waals surface area contributed by atoms with Gasteiger partial charge in [-0.15, -0.1) is 6.58 Å². The number of allylic oxidation sites excluding steroid dienone is 1. The molecule has 1 N–H and O–H groups in total. The lowest BCUT2D eigenvalue weighted by atomic mass is 9.80. The van der Waals surface area contributed by atoms with Crippen LogP contribution in [0.3, 0.4) is 0 Å². The van der Waals surface area contributed by atoms with Crippen LogP contribution in [0.2, 0.25) is 0 Å². The second-order valence-corrected chi connectivity index (χ2v) is 6.56. The Hall–Kier alpha value is -1.89. The van der Waals surface area contributed by atoms with Crippen molar-refractivity contribution in [3.63, 3.8) is 0 Å². The maximum absolute atomic E-state index is 12.2. The Balaban J connectivity index is 4.86. The van der Waals surface area contributed by atoms with Crippen molar-refractivity contribution >= 4 is 17.9 Å². The number of carbonyl (C=O) groups is 3. The zero-order chi connectivity index (χ0) is 20.7. The molecule has 0 aromatic heterocycles. The van der Waals surface area contributed by atoms with Gasteiger partial charge in [0.2, 0.25) is 0 Å². The van der Waals surface area contributed by atoms with E-state index in [9.17, 15) is 19.5 Å². The average molecular weight is 386 g/mol. The van der Waals surface area contributed by atoms with Gasteiger partial charge in [-0.3, -0.25) is 9.59 Å². The second kappa shape index (κ2) is 14.2. The Morgan fingerprint density at radius 3 is 2.07 bits per heavy atom. The largest absolute Gasteiger partial charge is 0.469 e. The molecule has 0 aromatic carbocycles. The third kappa shape index (κ3) is 9.04. The first-order chi connectivity index (χ1) is 12.9. The number of hydrogen-bond donors (Lipinski definition) is 1. The molecule has 7 heteroatoms. The van der Waals surface area contributed by atoms with Crippen molar-refractivity contribution in [2.75, 3.05) is 21.3 Å². The quantitative estimate of drug-likeness (QED) is 0.200. The lowest BCUT2D eigenvalue weighted by Gasteiger charge is -2.31. The molecule has 0 heterocycles. The van der Waals surface area contributed by atoms with Gasteiger partial charge in [-0.1, -0.05) is 38.2 Å². The molecule has 0 amide bonds. The molecule has 7 nitrogen and oxygen atoms in total. The summed E-state index contributed by atoms with van der Waals surface area (Å²) in [6.07, 6.45) is 8.55. The number of hydrogen-bond acceptors (Lipinski definition) is 7. The molecule has 0 aliphatic carbocycles. The van der Waals surface area contributed by atoms with E-state index < -0.39 is 29.4 Å². The van der Waals surface area contributed by atoms with Crippen LogP contribution in [0.4, 0.5) is 0 Å². The van der Waals surface area contributed by atoms with Gasteiger partial charge < -0.3 is 19.3 Å². The van der Waals surface area contributed by atoms with E-state index in [2.05, 4.69) is 16.1 Å². The molecule has 0 bridgehead atoms. The van der Waals surface area contributed by atoms with Gasteiger partial charge in [-0.05, 0) is 25.7 Å². The zero-order valence-corrected chi connectivity index (χ0v) is 16.8. The van der Waals surface area contributed by atoms with E-state index >= 15 is 0 Å². The molecule has 0 rings (SSSR count). The molecule has 27 heavy (non-hydrogen) atoms. The molecule has 0 aliphatic heterocycles. The van der Waals surface area contributed by atoms with E-state index in [0.717, 1.165) is 45.6 Å². The second-order valence-electron chi connectivity index (χ2n) is 6.56. The molecular formula is C20H34O7. The van der Waals surface area contributed by atoms with Gasteiger partial charge in [0.05, 0.1) is 27.2 Å². The first-order valence-electron chi connectivity index (χ1n) is 9.43. The highest BCUT2D eigenvalue weighted by Crippen LogP contribution is 2.31. The van der Waals surface area contributed by atoms with Crippen molar-refractivity contribution < 1.29 is 33.7 Å². The molecule has 0 saturated carbocycles. The maximum Gasteiger partial charge on any atom is 0.338 e. The van der Waals surface area contributed by atoms with Gasteiger partial charge in [0.15, 0.2) is 5.60 Å². The number of unbranched alkanes of at least 4 members (excludes halogenated alkanes) is 6. The SMILES string of the molecule is C=CCCCCCCCC[C@H](C(=O)OC)[C@@](O)(CCC(=O)OC)C(=O)OC. The zero-order valence-electron chi connectivity index (χ0n) is 16.8. The van der Waals surface area contributed by atoms with Crippen molar-refractivity contribution in [2.45, 2.75) is 69.8 Å². The van der Waals surface area contributed by atoms with Gasteiger partial charge in [0.1, 0.15) is 0 Å². The Morgan fingerprint density at radius 2 is 1.56 bits per heavy atom. The van der Waals surface area contributed by atoms with E-state index in [-0.39, 0.29) is 19.3 Å². The van der Waals surface area contributed by atoms with Gasteiger partial charge in [-0.2, -0.15) is 0 Å². The van der Waals surface area contributed by atoms with Crippen LogP contribution in [-0.2, 0) is 28.6 Å². The summed E-state index contributed by atoms with van der Waals surface area (Å²) in [5.41, 5.74) is -2.13. The standard InChI is InChI=1S/C20H34O7/c1-5-6-7-8-9-10-11-12-13-16(18(22)26-3)20(24,19(23)27-4)15-14-17(21)25-2/h5,16,24H,1,6-15H2,2-4H3/t16-,20+/m1/s1. The Labute approximate surface area is 162 Å². The van der Waals surface area contributed by atoms with Gasteiger partial charge in [0.25, 0.3) is 0 Å². The highest BCUT2D eigenvalue weighted by atomic mass is 16.5. The van der Waals surface area contributed by atoms with Crippen LogP contribution in [0.1, 0.15) is 64.2 Å². The Morgan fingerprint density at radius 1 is 0.963 bits per heavy atom. The Kier molecular flexibility index (Phi) is 13.2. The molecule has 156 valence electrons. The minimum Gasteiger partial charge on any atom is -0.469 e. The molecule has 0 fully saturated rings. The fourth-order valence-electron chi connectivity index (χ4n) is 3.03. The van der Waals surface area contributed by atoms with Crippen LogP contribution in [0.5, 0.6) is 0 Å². The minimum absolute atomic E-state index is 0.209.